The molecule has 396 valence electrons. The van der Waals surface area contributed by atoms with Crippen molar-refractivity contribution in [3.8, 4) is 0 Å². The zero-order chi connectivity index (χ0) is 50.6. The number of hydrogen-bond donors (Lipinski definition) is 1. The van der Waals surface area contributed by atoms with Gasteiger partial charge in [0.15, 0.2) is 6.10 Å². The lowest BCUT2D eigenvalue weighted by Crippen LogP contribution is -2.28. The molecule has 0 heterocycles. The summed E-state index contributed by atoms with van der Waals surface area (Å²) in [6, 6.07) is 0. The fraction of sp³-hybridized carbons (Fsp3) is 0.631. The van der Waals surface area contributed by atoms with Crippen LogP contribution >= 0.6 is 0 Å². The number of aliphatic hydroxyl groups excluding tert-OH is 1. The number of aliphatic hydroxyl groups is 1. The predicted octanol–water partition coefficient (Wildman–Crippen LogP) is 19.6. The fourth-order valence-electron chi connectivity index (χ4n) is 7.70. The lowest BCUT2D eigenvalue weighted by atomic mass is 10.0. The largest absolute Gasteiger partial charge is 0.462 e. The molecule has 0 radical (unpaired) electrons. The highest BCUT2D eigenvalue weighted by atomic mass is 16.6. The van der Waals surface area contributed by atoms with E-state index in [9.17, 15) is 14.7 Å². The molecule has 1 N–H and O–H groups in total. The average Bonchev–Trinajstić information content (AvgIpc) is 3.36. The molecule has 0 aliphatic heterocycles. The maximum Gasteiger partial charge on any atom is 0.306 e. The summed E-state index contributed by atoms with van der Waals surface area (Å²) in [5.74, 6) is -0.641. The summed E-state index contributed by atoms with van der Waals surface area (Å²) in [5, 5.41) is 9.62. The number of ether oxygens (including phenoxy) is 2. The monoisotopic (exact) mass is 967 g/mol. The molecule has 0 aliphatic carbocycles. The standard InChI is InChI=1S/C65H106O5/c1-3-5-7-9-11-13-15-17-19-20-21-22-23-24-25-26-27-28-29-30-31-32-33-34-35-36-37-38-39-40-41-42-43-44-46-48-50-52-54-56-58-60-65(68)70-63(61-66)62-69-64(67)59-57-55-53-51-49-47-45-18-16-14-12-10-8-6-4-2/h5-8,11-14,17-19,21-22,24-25,27-28,30-31,45,49,51,63,66H,3-4,9-10,15-16,20,23,26,29,32-44,46-48,50,52-62H2,1-2H3/b7-5-,8-6-,13-11-,14-12-,19-17-,22-21-,25-24-,28-27-,31-30-,45-18-,51-49-. The van der Waals surface area contributed by atoms with Crippen LogP contribution < -0.4 is 0 Å². The van der Waals surface area contributed by atoms with E-state index in [0.29, 0.717) is 12.8 Å². The second-order valence-electron chi connectivity index (χ2n) is 18.6. The smallest absolute Gasteiger partial charge is 0.306 e. The number of carbonyl (C=O) groups excluding carboxylic acids is 2. The first-order valence-electron chi connectivity index (χ1n) is 28.7. The maximum absolute atomic E-state index is 12.3. The van der Waals surface area contributed by atoms with Crippen LogP contribution in [0.3, 0.4) is 0 Å². The Labute approximate surface area is 432 Å². The van der Waals surface area contributed by atoms with Crippen molar-refractivity contribution in [1.29, 1.82) is 0 Å². The summed E-state index contributed by atoms with van der Waals surface area (Å²) in [4.78, 5) is 24.4. The average molecular weight is 968 g/mol. The molecule has 0 rings (SSSR count). The van der Waals surface area contributed by atoms with Crippen LogP contribution in [0.1, 0.15) is 245 Å². The predicted molar refractivity (Wildman–Crippen MR) is 306 cm³/mol. The van der Waals surface area contributed by atoms with Crippen LogP contribution in [0, 0.1) is 0 Å². The van der Waals surface area contributed by atoms with E-state index >= 15 is 0 Å². The summed E-state index contributed by atoms with van der Waals surface area (Å²) in [5.41, 5.74) is 0. The molecular weight excluding hydrogens is 861 g/mol. The molecule has 0 bridgehead atoms. The van der Waals surface area contributed by atoms with E-state index in [2.05, 4.69) is 148 Å². The number of carbonyl (C=O) groups is 2. The molecule has 0 fully saturated rings. The second kappa shape index (κ2) is 59.3. The Balaban J connectivity index is 3.50. The summed E-state index contributed by atoms with van der Waals surface area (Å²) in [6.45, 7) is 3.87. The SMILES string of the molecule is CC/C=C\C/C=C\C/C=C\C/C=C\C/C=C\C/C=C\C/C=C\CCCCCCCCCCCCCCCCCCCCCC(=O)OC(CO)COC(=O)CCCC/C=C\C/C=C\C/C=C\C/C=C\CC. The first-order valence-corrected chi connectivity index (χ1v) is 28.7. The number of esters is 2. The topological polar surface area (TPSA) is 72.8 Å². The van der Waals surface area contributed by atoms with Crippen molar-refractivity contribution in [3.05, 3.63) is 134 Å². The lowest BCUT2D eigenvalue weighted by Gasteiger charge is -2.15. The number of hydrogen-bond acceptors (Lipinski definition) is 5. The highest BCUT2D eigenvalue weighted by Crippen LogP contribution is 2.16. The minimum Gasteiger partial charge on any atom is -0.462 e. The summed E-state index contributed by atoms with van der Waals surface area (Å²) in [6.07, 6.45) is 88.7. The van der Waals surface area contributed by atoms with Crippen molar-refractivity contribution in [1.82, 2.24) is 0 Å². The first-order chi connectivity index (χ1) is 34.6. The molecule has 0 aromatic carbocycles. The Morgan fingerprint density at radius 2 is 0.571 bits per heavy atom. The van der Waals surface area contributed by atoms with Crippen molar-refractivity contribution in [2.24, 2.45) is 0 Å². The van der Waals surface area contributed by atoms with Crippen LogP contribution in [0.15, 0.2) is 134 Å². The Bertz CT molecular complexity index is 1470. The van der Waals surface area contributed by atoms with Crippen LogP contribution in [-0.4, -0.2) is 36.4 Å². The third kappa shape index (κ3) is 56.6. The van der Waals surface area contributed by atoms with Gasteiger partial charge in [-0.15, -0.1) is 0 Å². The third-order valence-corrected chi connectivity index (χ3v) is 11.9. The molecule has 70 heavy (non-hydrogen) atoms. The Kier molecular flexibility index (Phi) is 56.0. The summed E-state index contributed by atoms with van der Waals surface area (Å²) in [7, 11) is 0. The minimum absolute atomic E-state index is 0.0917. The molecule has 0 spiro atoms. The number of allylic oxidation sites excluding steroid dienone is 22. The van der Waals surface area contributed by atoms with Gasteiger partial charge in [0.25, 0.3) is 0 Å². The third-order valence-electron chi connectivity index (χ3n) is 11.9. The van der Waals surface area contributed by atoms with Crippen molar-refractivity contribution >= 4 is 11.9 Å². The number of rotatable bonds is 51. The summed E-state index contributed by atoms with van der Waals surface area (Å²) >= 11 is 0. The highest BCUT2D eigenvalue weighted by Gasteiger charge is 2.16. The number of unbranched alkanes of at least 4 members (excludes halogenated alkanes) is 21. The zero-order valence-corrected chi connectivity index (χ0v) is 45.2. The lowest BCUT2D eigenvalue weighted by molar-refractivity contribution is -0.161. The molecule has 0 saturated heterocycles. The quantitative estimate of drug-likeness (QED) is 0.0374. The van der Waals surface area contributed by atoms with Crippen molar-refractivity contribution in [2.45, 2.75) is 251 Å². The van der Waals surface area contributed by atoms with E-state index in [4.69, 9.17) is 9.47 Å². The molecular formula is C65H106O5. The molecule has 0 amide bonds. The Morgan fingerprint density at radius 1 is 0.329 bits per heavy atom. The van der Waals surface area contributed by atoms with Gasteiger partial charge in [0.05, 0.1) is 6.61 Å². The van der Waals surface area contributed by atoms with Crippen molar-refractivity contribution < 1.29 is 24.2 Å². The van der Waals surface area contributed by atoms with Crippen LogP contribution in [0.25, 0.3) is 0 Å². The molecule has 1 atom stereocenters. The zero-order valence-electron chi connectivity index (χ0n) is 45.2. The molecule has 1 unspecified atom stereocenters. The van der Waals surface area contributed by atoms with E-state index in [1.165, 1.54) is 109 Å². The van der Waals surface area contributed by atoms with Crippen LogP contribution in [-0.2, 0) is 19.1 Å². The minimum atomic E-state index is -0.795. The van der Waals surface area contributed by atoms with Gasteiger partial charge in [-0.1, -0.05) is 257 Å². The van der Waals surface area contributed by atoms with Gasteiger partial charge in [-0.25, -0.2) is 0 Å². The van der Waals surface area contributed by atoms with Crippen LogP contribution in [0.4, 0.5) is 0 Å². The normalized spacial score (nSPS) is 13.2. The van der Waals surface area contributed by atoms with Crippen LogP contribution in [0.5, 0.6) is 0 Å². The van der Waals surface area contributed by atoms with Gasteiger partial charge in [0, 0.05) is 12.8 Å². The Hall–Kier alpha value is -3.96. The Morgan fingerprint density at radius 3 is 0.886 bits per heavy atom. The highest BCUT2D eigenvalue weighted by molar-refractivity contribution is 5.70. The van der Waals surface area contributed by atoms with Gasteiger partial charge in [-0.05, 0) is 109 Å². The van der Waals surface area contributed by atoms with Gasteiger partial charge >= 0.3 is 11.9 Å². The van der Waals surface area contributed by atoms with Gasteiger partial charge in [-0.3, -0.25) is 9.59 Å². The van der Waals surface area contributed by atoms with Gasteiger partial charge in [0.2, 0.25) is 0 Å². The van der Waals surface area contributed by atoms with E-state index in [-0.39, 0.29) is 25.2 Å². The van der Waals surface area contributed by atoms with E-state index in [1.54, 1.807) is 0 Å². The van der Waals surface area contributed by atoms with Gasteiger partial charge in [-0.2, -0.15) is 0 Å². The van der Waals surface area contributed by atoms with E-state index in [0.717, 1.165) is 109 Å². The molecule has 0 aromatic heterocycles. The molecule has 0 aromatic rings. The molecule has 5 heteroatoms. The molecule has 0 aliphatic rings. The van der Waals surface area contributed by atoms with Gasteiger partial charge < -0.3 is 14.6 Å². The fourth-order valence-corrected chi connectivity index (χ4v) is 7.70. The first kappa shape index (κ1) is 66.0. The molecule has 5 nitrogen and oxygen atoms in total. The summed E-state index contributed by atoms with van der Waals surface area (Å²) < 4.78 is 10.6. The molecule has 0 saturated carbocycles. The maximum atomic E-state index is 12.3. The van der Waals surface area contributed by atoms with E-state index < -0.39 is 6.10 Å². The van der Waals surface area contributed by atoms with E-state index in [1.807, 2.05) is 0 Å². The van der Waals surface area contributed by atoms with Gasteiger partial charge in [0.1, 0.15) is 6.61 Å². The van der Waals surface area contributed by atoms with Crippen molar-refractivity contribution in [2.75, 3.05) is 13.2 Å². The van der Waals surface area contributed by atoms with Crippen LogP contribution in [0.2, 0.25) is 0 Å². The second-order valence-corrected chi connectivity index (χ2v) is 18.6. The van der Waals surface area contributed by atoms with Crippen molar-refractivity contribution in [3.63, 3.8) is 0 Å².